The first kappa shape index (κ1) is 15.5. The predicted molar refractivity (Wildman–Crippen MR) is 62.9 cm³/mol. The number of methoxy groups -OCH3 is 1. The van der Waals surface area contributed by atoms with E-state index in [-0.39, 0.29) is 30.5 Å². The molecule has 0 fully saturated rings. The van der Waals surface area contributed by atoms with Crippen LogP contribution in [0.3, 0.4) is 0 Å². The normalized spacial score (nSPS) is 13.1. The zero-order valence-electron chi connectivity index (χ0n) is 10.7. The number of halogens is 3. The van der Waals surface area contributed by atoms with Crippen LogP contribution in [0.15, 0.2) is 24.3 Å². The Kier molecular flexibility index (Phi) is 5.35. The van der Waals surface area contributed by atoms with Crippen LogP contribution in [-0.4, -0.2) is 25.4 Å². The van der Waals surface area contributed by atoms with Crippen LogP contribution in [0.1, 0.15) is 18.9 Å². The molecule has 6 heteroatoms. The number of hydrogen-bond donors (Lipinski definition) is 0. The van der Waals surface area contributed by atoms with E-state index in [1.807, 2.05) is 0 Å². The Morgan fingerprint density at radius 2 is 1.84 bits per heavy atom. The molecule has 1 rings (SSSR count). The number of carbonyl (C=O) groups is 1. The third-order valence-corrected chi connectivity index (χ3v) is 2.48. The second-order valence-corrected chi connectivity index (χ2v) is 4.16. The Balaban J connectivity index is 2.55. The monoisotopic (exact) mass is 276 g/mol. The molecule has 0 aliphatic heterocycles. The van der Waals surface area contributed by atoms with Gasteiger partial charge in [0.25, 0.3) is 0 Å². The molecular formula is C13H15F3O3. The van der Waals surface area contributed by atoms with Crippen molar-refractivity contribution in [3.05, 3.63) is 29.8 Å². The first-order valence-corrected chi connectivity index (χ1v) is 5.69. The summed E-state index contributed by atoms with van der Waals surface area (Å²) in [5, 5.41) is 0. The highest BCUT2D eigenvalue weighted by atomic mass is 19.4. The minimum atomic E-state index is -4.70. The number of hydrogen-bond acceptors (Lipinski definition) is 3. The van der Waals surface area contributed by atoms with E-state index in [9.17, 15) is 18.0 Å². The molecule has 0 bridgehead atoms. The van der Waals surface area contributed by atoms with E-state index >= 15 is 0 Å². The highest BCUT2D eigenvalue weighted by Crippen LogP contribution is 2.22. The summed E-state index contributed by atoms with van der Waals surface area (Å²) in [6.07, 6.45) is -4.43. The molecule has 0 saturated carbocycles. The third kappa shape index (κ3) is 6.24. The zero-order chi connectivity index (χ0) is 14.5. The standard InChI is InChI=1S/C13H15F3O3/c1-9(18-2)7-11(17)8-10-3-5-12(6-4-10)19-13(14,15)16/h3-6,9H,7-8H2,1-2H3. The molecule has 0 heterocycles. The lowest BCUT2D eigenvalue weighted by Crippen LogP contribution is -2.17. The van der Waals surface area contributed by atoms with Crippen molar-refractivity contribution < 1.29 is 27.4 Å². The predicted octanol–water partition coefficient (Wildman–Crippen LogP) is 3.12. The first-order chi connectivity index (χ1) is 8.80. The van der Waals surface area contributed by atoms with Crippen LogP contribution in [0.4, 0.5) is 13.2 Å². The van der Waals surface area contributed by atoms with Gasteiger partial charge in [-0.05, 0) is 24.6 Å². The second-order valence-electron chi connectivity index (χ2n) is 4.16. The molecule has 19 heavy (non-hydrogen) atoms. The Bertz CT molecular complexity index is 412. The number of rotatable bonds is 6. The smallest absolute Gasteiger partial charge is 0.406 e. The maximum Gasteiger partial charge on any atom is 0.573 e. The highest BCUT2D eigenvalue weighted by Gasteiger charge is 2.30. The average Bonchev–Trinajstić information content (AvgIpc) is 2.29. The number of Topliss-reactive ketones (excluding diaryl/α,β-unsaturated/α-hetero) is 1. The number of alkyl halides is 3. The molecule has 1 aromatic rings. The summed E-state index contributed by atoms with van der Waals surface area (Å²) in [6, 6.07) is 5.26. The van der Waals surface area contributed by atoms with Gasteiger partial charge in [0.1, 0.15) is 11.5 Å². The SMILES string of the molecule is COC(C)CC(=O)Cc1ccc(OC(F)(F)F)cc1. The lowest BCUT2D eigenvalue weighted by atomic mass is 10.1. The molecule has 0 amide bonds. The van der Waals surface area contributed by atoms with E-state index < -0.39 is 6.36 Å². The van der Waals surface area contributed by atoms with Crippen molar-refractivity contribution in [2.75, 3.05) is 7.11 Å². The largest absolute Gasteiger partial charge is 0.573 e. The Hall–Kier alpha value is -1.56. The van der Waals surface area contributed by atoms with Crippen LogP contribution in [-0.2, 0) is 16.0 Å². The topological polar surface area (TPSA) is 35.5 Å². The molecule has 0 N–H and O–H groups in total. The fraction of sp³-hybridized carbons (Fsp3) is 0.462. The van der Waals surface area contributed by atoms with Crippen LogP contribution in [0, 0.1) is 0 Å². The van der Waals surface area contributed by atoms with Crippen LogP contribution in [0.2, 0.25) is 0 Å². The third-order valence-electron chi connectivity index (χ3n) is 2.48. The maximum atomic E-state index is 11.9. The summed E-state index contributed by atoms with van der Waals surface area (Å²) in [7, 11) is 1.52. The van der Waals surface area contributed by atoms with Crippen LogP contribution in [0.5, 0.6) is 5.75 Å². The number of ketones is 1. The molecule has 1 aromatic carbocycles. The van der Waals surface area contributed by atoms with Gasteiger partial charge >= 0.3 is 6.36 Å². The fourth-order valence-electron chi connectivity index (χ4n) is 1.51. The van der Waals surface area contributed by atoms with Crippen molar-refractivity contribution in [1.29, 1.82) is 0 Å². The van der Waals surface area contributed by atoms with Crippen molar-refractivity contribution in [1.82, 2.24) is 0 Å². The lowest BCUT2D eigenvalue weighted by Gasteiger charge is -2.10. The van der Waals surface area contributed by atoms with E-state index in [1.54, 1.807) is 6.92 Å². The van der Waals surface area contributed by atoms with Gasteiger partial charge in [-0.15, -0.1) is 13.2 Å². The summed E-state index contributed by atoms with van der Waals surface area (Å²) in [5.74, 6) is -0.326. The summed E-state index contributed by atoms with van der Waals surface area (Å²) in [4.78, 5) is 11.6. The number of ether oxygens (including phenoxy) is 2. The van der Waals surface area contributed by atoms with Crippen molar-refractivity contribution in [2.24, 2.45) is 0 Å². The van der Waals surface area contributed by atoms with E-state index in [0.717, 1.165) is 0 Å². The Morgan fingerprint density at radius 3 is 2.32 bits per heavy atom. The van der Waals surface area contributed by atoms with Gasteiger partial charge in [0.05, 0.1) is 6.10 Å². The van der Waals surface area contributed by atoms with E-state index in [0.29, 0.717) is 5.56 Å². The Labute approximate surface area is 109 Å². The molecule has 0 aromatic heterocycles. The van der Waals surface area contributed by atoms with Crippen LogP contribution < -0.4 is 4.74 Å². The minimum Gasteiger partial charge on any atom is -0.406 e. The molecule has 0 saturated heterocycles. The summed E-state index contributed by atoms with van der Waals surface area (Å²) in [5.41, 5.74) is 0.642. The van der Waals surface area contributed by atoms with Crippen LogP contribution in [0.25, 0.3) is 0 Å². The first-order valence-electron chi connectivity index (χ1n) is 5.69. The Morgan fingerprint density at radius 1 is 1.26 bits per heavy atom. The second kappa shape index (κ2) is 6.56. The van der Waals surface area contributed by atoms with Gasteiger partial charge in [-0.1, -0.05) is 12.1 Å². The molecule has 3 nitrogen and oxygen atoms in total. The van der Waals surface area contributed by atoms with E-state index in [4.69, 9.17) is 4.74 Å². The quantitative estimate of drug-likeness (QED) is 0.800. The molecule has 0 radical (unpaired) electrons. The minimum absolute atomic E-state index is 0.0289. The van der Waals surface area contributed by atoms with Gasteiger partial charge in [-0.3, -0.25) is 4.79 Å². The molecular weight excluding hydrogens is 261 g/mol. The van der Waals surface area contributed by atoms with Gasteiger partial charge in [-0.25, -0.2) is 0 Å². The van der Waals surface area contributed by atoms with Gasteiger partial charge in [0, 0.05) is 20.0 Å². The maximum absolute atomic E-state index is 11.9. The summed E-state index contributed by atoms with van der Waals surface area (Å²) >= 11 is 0. The van der Waals surface area contributed by atoms with Gasteiger partial charge in [0.15, 0.2) is 0 Å². The van der Waals surface area contributed by atoms with E-state index in [1.165, 1.54) is 31.4 Å². The van der Waals surface area contributed by atoms with Crippen LogP contribution >= 0.6 is 0 Å². The van der Waals surface area contributed by atoms with Crippen molar-refractivity contribution in [3.8, 4) is 5.75 Å². The van der Waals surface area contributed by atoms with Gasteiger partial charge in [0.2, 0.25) is 0 Å². The summed E-state index contributed by atoms with van der Waals surface area (Å²) in [6.45, 7) is 1.78. The van der Waals surface area contributed by atoms with Gasteiger partial charge < -0.3 is 9.47 Å². The molecule has 1 unspecified atom stereocenters. The highest BCUT2D eigenvalue weighted by molar-refractivity contribution is 5.81. The van der Waals surface area contributed by atoms with E-state index in [2.05, 4.69) is 4.74 Å². The molecule has 0 aliphatic rings. The zero-order valence-corrected chi connectivity index (χ0v) is 10.7. The lowest BCUT2D eigenvalue weighted by molar-refractivity contribution is -0.274. The number of benzene rings is 1. The van der Waals surface area contributed by atoms with Crippen molar-refractivity contribution in [2.45, 2.75) is 32.2 Å². The molecule has 0 spiro atoms. The van der Waals surface area contributed by atoms with Crippen molar-refractivity contribution >= 4 is 5.78 Å². The molecule has 0 aliphatic carbocycles. The van der Waals surface area contributed by atoms with Crippen molar-refractivity contribution in [3.63, 3.8) is 0 Å². The number of carbonyl (C=O) groups excluding carboxylic acids is 1. The molecule has 1 atom stereocenters. The van der Waals surface area contributed by atoms with Gasteiger partial charge in [-0.2, -0.15) is 0 Å². The fourth-order valence-corrected chi connectivity index (χ4v) is 1.51. The molecule has 106 valence electrons. The average molecular weight is 276 g/mol. The summed E-state index contributed by atoms with van der Waals surface area (Å²) < 4.78 is 44.5.